The van der Waals surface area contributed by atoms with E-state index in [1.54, 1.807) is 41.5 Å². The van der Waals surface area contributed by atoms with Gasteiger partial charge in [0.2, 0.25) is 5.91 Å². The molecule has 5 atom stereocenters. The van der Waals surface area contributed by atoms with E-state index in [1.165, 1.54) is 0 Å². The summed E-state index contributed by atoms with van der Waals surface area (Å²) in [5, 5.41) is 33.8. The van der Waals surface area contributed by atoms with Gasteiger partial charge in [-0.15, -0.1) is 0 Å². The third-order valence-corrected chi connectivity index (χ3v) is 6.88. The second-order valence-electron chi connectivity index (χ2n) is 13.9. The summed E-state index contributed by atoms with van der Waals surface area (Å²) in [4.78, 5) is 38.5. The number of ether oxygens (including phenoxy) is 2. The van der Waals surface area contributed by atoms with Gasteiger partial charge in [-0.1, -0.05) is 74.5 Å². The third kappa shape index (κ3) is 15.1. The van der Waals surface area contributed by atoms with Crippen molar-refractivity contribution in [1.29, 1.82) is 0 Å². The highest BCUT2D eigenvalue weighted by Crippen LogP contribution is 2.13. The molecule has 2 rings (SSSR count). The Labute approximate surface area is 273 Å². The number of hydrogen-bond acceptors (Lipinski definition) is 8. The van der Waals surface area contributed by atoms with Crippen LogP contribution < -0.4 is 21.3 Å². The first-order valence-electron chi connectivity index (χ1n) is 15.9. The van der Waals surface area contributed by atoms with Gasteiger partial charge in [0.05, 0.1) is 24.3 Å². The van der Waals surface area contributed by atoms with Gasteiger partial charge in [0, 0.05) is 13.1 Å². The van der Waals surface area contributed by atoms with E-state index < -0.39 is 59.6 Å². The van der Waals surface area contributed by atoms with E-state index in [4.69, 9.17) is 9.47 Å². The standard InChI is InChI=1S/C35H54N4O7/c1-23(2)30(39-33(44)46-35(6,7)8)31(42)37-26(19-24-15-11-9-12-16-24)28(40)21-36-22-29(41)27(20-25-17-13-10-14-18-25)38-32(43)45-34(3,4)5/h9-18,23,26-30,36,40-41H,19-22H2,1-8H3,(H,37,42)(H,38,43)(H,39,44)/t26-,27-,28+,29+,30-/m0/s1. The Morgan fingerprint density at radius 3 is 1.43 bits per heavy atom. The molecule has 2 aromatic carbocycles. The van der Waals surface area contributed by atoms with E-state index in [1.807, 2.05) is 74.5 Å². The average molecular weight is 643 g/mol. The Morgan fingerprint density at radius 1 is 0.652 bits per heavy atom. The minimum absolute atomic E-state index is 0.0329. The topological polar surface area (TPSA) is 158 Å². The monoisotopic (exact) mass is 642 g/mol. The zero-order chi connectivity index (χ0) is 34.5. The highest BCUT2D eigenvalue weighted by atomic mass is 16.6. The van der Waals surface area contributed by atoms with Crippen molar-refractivity contribution in [3.05, 3.63) is 71.8 Å². The lowest BCUT2D eigenvalue weighted by Crippen LogP contribution is -2.57. The van der Waals surface area contributed by atoms with Crippen LogP contribution in [0.1, 0.15) is 66.5 Å². The maximum Gasteiger partial charge on any atom is 0.408 e. The van der Waals surface area contributed by atoms with Crippen LogP contribution in [0.15, 0.2) is 60.7 Å². The molecule has 256 valence electrons. The average Bonchev–Trinajstić information content (AvgIpc) is 2.94. The van der Waals surface area contributed by atoms with Gasteiger partial charge in [0.15, 0.2) is 0 Å². The molecule has 0 spiro atoms. The largest absolute Gasteiger partial charge is 0.444 e. The van der Waals surface area contributed by atoms with Gasteiger partial charge in [-0.3, -0.25) is 4.79 Å². The van der Waals surface area contributed by atoms with Crippen molar-refractivity contribution < 1.29 is 34.1 Å². The molecule has 0 unspecified atom stereocenters. The maximum atomic E-state index is 13.4. The molecule has 0 saturated heterocycles. The third-order valence-electron chi connectivity index (χ3n) is 6.88. The van der Waals surface area contributed by atoms with Crippen LogP contribution in [0, 0.1) is 5.92 Å². The van der Waals surface area contributed by atoms with Gasteiger partial charge in [-0.2, -0.15) is 0 Å². The molecule has 0 aliphatic rings. The predicted molar refractivity (Wildman–Crippen MR) is 178 cm³/mol. The normalized spacial score (nSPS) is 15.2. The Morgan fingerprint density at radius 2 is 1.04 bits per heavy atom. The van der Waals surface area contributed by atoms with Crippen molar-refractivity contribution >= 4 is 18.1 Å². The van der Waals surface area contributed by atoms with Gasteiger partial charge < -0.3 is 41.0 Å². The lowest BCUT2D eigenvalue weighted by Gasteiger charge is -2.30. The van der Waals surface area contributed by atoms with Crippen LogP contribution in [0.3, 0.4) is 0 Å². The quantitative estimate of drug-likeness (QED) is 0.172. The fraction of sp³-hybridized carbons (Fsp3) is 0.571. The molecule has 3 amide bonds. The number of carbonyl (C=O) groups excluding carboxylic acids is 3. The Balaban J connectivity index is 2.12. The number of benzene rings is 2. The van der Waals surface area contributed by atoms with Crippen molar-refractivity contribution in [3.63, 3.8) is 0 Å². The maximum absolute atomic E-state index is 13.4. The summed E-state index contributed by atoms with van der Waals surface area (Å²) in [5.74, 6) is -0.709. The van der Waals surface area contributed by atoms with Crippen molar-refractivity contribution in [3.8, 4) is 0 Å². The van der Waals surface area contributed by atoms with Crippen LogP contribution in [0.4, 0.5) is 9.59 Å². The molecule has 11 heteroatoms. The highest BCUT2D eigenvalue weighted by Gasteiger charge is 2.31. The van der Waals surface area contributed by atoms with Crippen molar-refractivity contribution in [2.45, 2.75) is 110 Å². The summed E-state index contributed by atoms with van der Waals surface area (Å²) < 4.78 is 10.8. The highest BCUT2D eigenvalue weighted by molar-refractivity contribution is 5.86. The molecular weight excluding hydrogens is 588 g/mol. The minimum atomic E-state index is -1.06. The van der Waals surface area contributed by atoms with E-state index in [9.17, 15) is 24.6 Å². The molecule has 11 nitrogen and oxygen atoms in total. The van der Waals surface area contributed by atoms with Crippen LogP contribution in [-0.2, 0) is 27.1 Å². The Hall–Kier alpha value is -3.67. The van der Waals surface area contributed by atoms with E-state index in [0.29, 0.717) is 12.8 Å². The first kappa shape index (κ1) is 38.5. The molecule has 0 aromatic heterocycles. The van der Waals surface area contributed by atoms with Gasteiger partial charge >= 0.3 is 12.2 Å². The van der Waals surface area contributed by atoms with E-state index >= 15 is 0 Å². The Bertz CT molecular complexity index is 1210. The molecule has 46 heavy (non-hydrogen) atoms. The van der Waals surface area contributed by atoms with E-state index in [0.717, 1.165) is 11.1 Å². The predicted octanol–water partition coefficient (Wildman–Crippen LogP) is 3.71. The fourth-order valence-corrected chi connectivity index (χ4v) is 4.67. The van der Waals surface area contributed by atoms with Crippen molar-refractivity contribution in [2.75, 3.05) is 13.1 Å². The number of alkyl carbamates (subject to hydrolysis) is 2. The SMILES string of the molecule is CC(C)[C@H](NC(=O)OC(C)(C)C)C(=O)N[C@@H](Cc1ccccc1)[C@H](O)CNC[C@@H](O)[C@H](Cc1ccccc1)NC(=O)OC(C)(C)C. The number of aliphatic hydroxyl groups excluding tert-OH is 2. The van der Waals surface area contributed by atoms with Crippen LogP contribution in [0.25, 0.3) is 0 Å². The lowest BCUT2D eigenvalue weighted by atomic mass is 9.98. The number of amides is 3. The van der Waals surface area contributed by atoms with Crippen LogP contribution in [0.2, 0.25) is 0 Å². The number of carbonyl (C=O) groups is 3. The number of rotatable bonds is 15. The van der Waals surface area contributed by atoms with Gasteiger partial charge in [0.25, 0.3) is 0 Å². The van der Waals surface area contributed by atoms with Gasteiger partial charge in [-0.05, 0) is 71.4 Å². The summed E-state index contributed by atoms with van der Waals surface area (Å²) in [7, 11) is 0. The van der Waals surface area contributed by atoms with Crippen LogP contribution >= 0.6 is 0 Å². The summed E-state index contributed by atoms with van der Waals surface area (Å²) in [5.41, 5.74) is 0.391. The molecule has 2 aromatic rings. The minimum Gasteiger partial charge on any atom is -0.444 e. The van der Waals surface area contributed by atoms with Gasteiger partial charge in [0.1, 0.15) is 17.2 Å². The van der Waals surface area contributed by atoms with Gasteiger partial charge in [-0.25, -0.2) is 9.59 Å². The Kier molecular flexibility index (Phi) is 15.0. The summed E-state index contributed by atoms with van der Waals surface area (Å²) >= 11 is 0. The molecule has 0 aliphatic heterocycles. The summed E-state index contributed by atoms with van der Waals surface area (Å²) in [6.07, 6.45) is -2.74. The van der Waals surface area contributed by atoms with E-state index in [2.05, 4.69) is 21.3 Å². The zero-order valence-electron chi connectivity index (χ0n) is 28.5. The summed E-state index contributed by atoms with van der Waals surface area (Å²) in [6, 6.07) is 16.6. The fourth-order valence-electron chi connectivity index (χ4n) is 4.67. The molecule has 0 radical (unpaired) electrons. The van der Waals surface area contributed by atoms with Crippen molar-refractivity contribution in [1.82, 2.24) is 21.3 Å². The number of hydrogen-bond donors (Lipinski definition) is 6. The van der Waals surface area contributed by atoms with E-state index in [-0.39, 0.29) is 19.0 Å². The van der Waals surface area contributed by atoms with Crippen molar-refractivity contribution in [2.24, 2.45) is 5.92 Å². The molecule has 0 saturated carbocycles. The van der Waals surface area contributed by atoms with Crippen LogP contribution in [-0.4, -0.2) is 82.9 Å². The molecule has 0 heterocycles. The molecule has 0 aliphatic carbocycles. The first-order chi connectivity index (χ1) is 21.4. The second-order valence-corrected chi connectivity index (χ2v) is 13.9. The smallest absolute Gasteiger partial charge is 0.408 e. The number of aliphatic hydroxyl groups is 2. The first-order valence-corrected chi connectivity index (χ1v) is 15.9. The molecule has 6 N–H and O–H groups in total. The number of nitrogens with one attached hydrogen (secondary N) is 4. The zero-order valence-corrected chi connectivity index (χ0v) is 28.5. The summed E-state index contributed by atoms with van der Waals surface area (Å²) in [6.45, 7) is 14.2. The molecule has 0 fully saturated rings. The molecule has 0 bridgehead atoms. The lowest BCUT2D eigenvalue weighted by molar-refractivity contribution is -0.125. The second kappa shape index (κ2) is 17.9. The van der Waals surface area contributed by atoms with Crippen LogP contribution in [0.5, 0.6) is 0 Å². The molecular formula is C35H54N4O7.